The summed E-state index contributed by atoms with van der Waals surface area (Å²) in [6.45, 7) is 4.61. The van der Waals surface area contributed by atoms with Crippen molar-refractivity contribution in [1.29, 1.82) is 0 Å². The molecule has 0 bridgehead atoms. The molecular formula is C14H20FN. The molecule has 0 aromatic carbocycles. The molecule has 1 aromatic heterocycles. The molecule has 2 heteroatoms. The van der Waals surface area contributed by atoms with Crippen molar-refractivity contribution in [2.45, 2.75) is 45.4 Å². The molecule has 1 saturated carbocycles. The summed E-state index contributed by atoms with van der Waals surface area (Å²) in [7, 11) is 0. The number of hydrogen-bond acceptors (Lipinski definition) is 1. The molecular weight excluding hydrogens is 201 g/mol. The van der Waals surface area contributed by atoms with Crippen LogP contribution in [0, 0.1) is 17.7 Å². The van der Waals surface area contributed by atoms with Gasteiger partial charge < -0.3 is 0 Å². The van der Waals surface area contributed by atoms with Crippen molar-refractivity contribution in [2.75, 3.05) is 0 Å². The highest BCUT2D eigenvalue weighted by molar-refractivity contribution is 5.11. The Labute approximate surface area is 97.1 Å². The van der Waals surface area contributed by atoms with Gasteiger partial charge in [0.2, 0.25) is 0 Å². The normalized spacial score (nSPS) is 26.0. The monoisotopic (exact) mass is 221 g/mol. The zero-order valence-electron chi connectivity index (χ0n) is 10.1. The van der Waals surface area contributed by atoms with Crippen molar-refractivity contribution in [3.8, 4) is 0 Å². The van der Waals surface area contributed by atoms with Crippen LogP contribution in [0.3, 0.4) is 0 Å². The summed E-state index contributed by atoms with van der Waals surface area (Å²) < 4.78 is 12.8. The van der Waals surface area contributed by atoms with Crippen molar-refractivity contribution in [3.05, 3.63) is 29.8 Å². The third-order valence-electron chi connectivity index (χ3n) is 3.88. The second-order valence-corrected chi connectivity index (χ2v) is 5.26. The van der Waals surface area contributed by atoms with Crippen LogP contribution in [-0.4, -0.2) is 4.98 Å². The lowest BCUT2D eigenvalue weighted by molar-refractivity contribution is 0.257. The molecule has 1 aliphatic carbocycles. The van der Waals surface area contributed by atoms with Gasteiger partial charge >= 0.3 is 0 Å². The molecule has 1 aromatic rings. The first kappa shape index (κ1) is 11.6. The third kappa shape index (κ3) is 2.60. The van der Waals surface area contributed by atoms with Gasteiger partial charge in [0.25, 0.3) is 0 Å². The van der Waals surface area contributed by atoms with Gasteiger partial charge in [-0.3, -0.25) is 4.98 Å². The predicted molar refractivity (Wildman–Crippen MR) is 63.7 cm³/mol. The predicted octanol–water partition coefficient (Wildman–Crippen LogP) is 4.15. The molecule has 0 unspecified atom stereocenters. The summed E-state index contributed by atoms with van der Waals surface area (Å²) in [5.74, 6) is 1.98. The van der Waals surface area contributed by atoms with Crippen molar-refractivity contribution < 1.29 is 4.39 Å². The van der Waals surface area contributed by atoms with Gasteiger partial charge in [-0.05, 0) is 49.7 Å². The van der Waals surface area contributed by atoms with Crippen LogP contribution in [-0.2, 0) is 0 Å². The van der Waals surface area contributed by atoms with E-state index in [1.54, 1.807) is 0 Å². The molecule has 1 aliphatic rings. The molecule has 0 amide bonds. The smallest absolute Gasteiger partial charge is 0.141 e. The minimum atomic E-state index is -0.236. The summed E-state index contributed by atoms with van der Waals surface area (Å²) in [6.07, 6.45) is 6.34. The lowest BCUT2D eigenvalue weighted by atomic mass is 9.76. The van der Waals surface area contributed by atoms with Crippen LogP contribution in [0.2, 0.25) is 0 Å². The molecule has 1 heterocycles. The van der Waals surface area contributed by atoms with Crippen LogP contribution < -0.4 is 0 Å². The number of aromatic nitrogens is 1. The number of pyridine rings is 1. The molecule has 1 fully saturated rings. The van der Waals surface area contributed by atoms with E-state index in [9.17, 15) is 4.39 Å². The van der Waals surface area contributed by atoms with Gasteiger partial charge in [0.1, 0.15) is 5.82 Å². The Kier molecular flexibility index (Phi) is 3.57. The Morgan fingerprint density at radius 2 is 1.88 bits per heavy atom. The molecule has 0 saturated heterocycles. The molecule has 0 atom stereocenters. The van der Waals surface area contributed by atoms with E-state index in [4.69, 9.17) is 0 Å². The largest absolute Gasteiger partial charge is 0.258 e. The fourth-order valence-electron chi connectivity index (χ4n) is 2.71. The van der Waals surface area contributed by atoms with Gasteiger partial charge in [-0.2, -0.15) is 0 Å². The zero-order valence-corrected chi connectivity index (χ0v) is 10.1. The fraction of sp³-hybridized carbons (Fsp3) is 0.643. The number of rotatable bonds is 2. The van der Waals surface area contributed by atoms with Crippen molar-refractivity contribution in [2.24, 2.45) is 11.8 Å². The standard InChI is InChI=1S/C14H20FN/c1-10(2)11-3-5-12(6-4-11)14-8-7-13(15)9-16-14/h7-12H,3-6H2,1-2H3. The Hall–Kier alpha value is -0.920. The first-order chi connectivity index (χ1) is 7.66. The minimum absolute atomic E-state index is 0.236. The van der Waals surface area contributed by atoms with Crippen LogP contribution in [0.15, 0.2) is 18.3 Å². The SMILES string of the molecule is CC(C)C1CCC(c2ccc(F)cn2)CC1. The van der Waals surface area contributed by atoms with E-state index in [0.29, 0.717) is 5.92 Å². The Bertz CT molecular complexity index is 323. The lowest BCUT2D eigenvalue weighted by Crippen LogP contribution is -2.18. The fourth-order valence-corrected chi connectivity index (χ4v) is 2.71. The maximum atomic E-state index is 12.8. The molecule has 0 N–H and O–H groups in total. The van der Waals surface area contributed by atoms with E-state index in [1.165, 1.54) is 37.9 Å². The average molecular weight is 221 g/mol. The molecule has 1 nitrogen and oxygen atoms in total. The molecule has 0 aliphatic heterocycles. The van der Waals surface area contributed by atoms with E-state index in [0.717, 1.165) is 17.5 Å². The van der Waals surface area contributed by atoms with E-state index in [2.05, 4.69) is 18.8 Å². The molecule has 0 spiro atoms. The quantitative estimate of drug-likeness (QED) is 0.731. The van der Waals surface area contributed by atoms with Crippen LogP contribution in [0.1, 0.15) is 51.1 Å². The maximum absolute atomic E-state index is 12.8. The summed E-state index contributed by atoms with van der Waals surface area (Å²) in [5.41, 5.74) is 1.07. The van der Waals surface area contributed by atoms with Gasteiger partial charge in [0, 0.05) is 11.6 Å². The summed E-state index contributed by atoms with van der Waals surface area (Å²) in [6, 6.07) is 3.37. The number of hydrogen-bond donors (Lipinski definition) is 0. The maximum Gasteiger partial charge on any atom is 0.141 e. The van der Waals surface area contributed by atoms with E-state index >= 15 is 0 Å². The number of nitrogens with zero attached hydrogens (tertiary/aromatic N) is 1. The molecule has 16 heavy (non-hydrogen) atoms. The highest BCUT2D eigenvalue weighted by Crippen LogP contribution is 2.37. The lowest BCUT2D eigenvalue weighted by Gasteiger charge is -2.30. The Balaban J connectivity index is 1.96. The van der Waals surface area contributed by atoms with Crippen LogP contribution in [0.25, 0.3) is 0 Å². The Morgan fingerprint density at radius 3 is 2.38 bits per heavy atom. The highest BCUT2D eigenvalue weighted by atomic mass is 19.1. The van der Waals surface area contributed by atoms with Gasteiger partial charge in [-0.15, -0.1) is 0 Å². The molecule has 0 radical (unpaired) electrons. The second kappa shape index (κ2) is 4.94. The average Bonchev–Trinajstić information content (AvgIpc) is 2.30. The topological polar surface area (TPSA) is 12.9 Å². The van der Waals surface area contributed by atoms with Crippen molar-refractivity contribution in [3.63, 3.8) is 0 Å². The van der Waals surface area contributed by atoms with Gasteiger partial charge in [-0.25, -0.2) is 4.39 Å². The minimum Gasteiger partial charge on any atom is -0.258 e. The highest BCUT2D eigenvalue weighted by Gasteiger charge is 2.24. The summed E-state index contributed by atoms with van der Waals surface area (Å²) in [5, 5.41) is 0. The first-order valence-electron chi connectivity index (χ1n) is 6.28. The summed E-state index contributed by atoms with van der Waals surface area (Å²) >= 11 is 0. The van der Waals surface area contributed by atoms with E-state index in [-0.39, 0.29) is 5.82 Å². The first-order valence-corrected chi connectivity index (χ1v) is 6.28. The van der Waals surface area contributed by atoms with Crippen molar-refractivity contribution in [1.82, 2.24) is 4.98 Å². The van der Waals surface area contributed by atoms with Crippen LogP contribution in [0.5, 0.6) is 0 Å². The Morgan fingerprint density at radius 1 is 1.19 bits per heavy atom. The van der Waals surface area contributed by atoms with Gasteiger partial charge in [0.05, 0.1) is 6.20 Å². The van der Waals surface area contributed by atoms with Crippen LogP contribution in [0.4, 0.5) is 4.39 Å². The third-order valence-corrected chi connectivity index (χ3v) is 3.88. The van der Waals surface area contributed by atoms with E-state index < -0.39 is 0 Å². The van der Waals surface area contributed by atoms with Crippen LogP contribution >= 0.6 is 0 Å². The molecule has 88 valence electrons. The summed E-state index contributed by atoms with van der Waals surface area (Å²) in [4.78, 5) is 4.20. The van der Waals surface area contributed by atoms with Crippen molar-refractivity contribution >= 4 is 0 Å². The molecule has 2 rings (SSSR count). The van der Waals surface area contributed by atoms with Gasteiger partial charge in [-0.1, -0.05) is 13.8 Å². The van der Waals surface area contributed by atoms with Gasteiger partial charge in [0.15, 0.2) is 0 Å². The zero-order chi connectivity index (χ0) is 11.5. The number of halogens is 1. The van der Waals surface area contributed by atoms with E-state index in [1.807, 2.05) is 6.07 Å². The second-order valence-electron chi connectivity index (χ2n) is 5.26.